The van der Waals surface area contributed by atoms with Gasteiger partial charge in [-0.25, -0.2) is 4.98 Å². The van der Waals surface area contributed by atoms with Crippen LogP contribution in [0.4, 0.5) is 0 Å². The van der Waals surface area contributed by atoms with Gasteiger partial charge in [0.1, 0.15) is 10.7 Å². The second kappa shape index (κ2) is 9.12. The van der Waals surface area contributed by atoms with Gasteiger partial charge in [0, 0.05) is 37.4 Å². The number of aryl methyl sites for hydroxylation is 1. The van der Waals surface area contributed by atoms with E-state index in [0.717, 1.165) is 22.4 Å². The lowest BCUT2D eigenvalue weighted by Gasteiger charge is -2.12. The van der Waals surface area contributed by atoms with E-state index in [4.69, 9.17) is 15.5 Å². The molecule has 1 amide bonds. The van der Waals surface area contributed by atoms with Gasteiger partial charge in [-0.3, -0.25) is 14.2 Å². The van der Waals surface area contributed by atoms with Crippen molar-refractivity contribution in [3.05, 3.63) is 51.4 Å². The van der Waals surface area contributed by atoms with Crippen LogP contribution in [0.5, 0.6) is 0 Å². The minimum Gasteiger partial charge on any atom is -0.384 e. The van der Waals surface area contributed by atoms with Gasteiger partial charge < -0.3 is 10.5 Å². The normalized spacial score (nSPS) is 11.2. The first-order valence-electron chi connectivity index (χ1n) is 9.42. The lowest BCUT2D eigenvalue weighted by Crippen LogP contribution is -2.26. The van der Waals surface area contributed by atoms with E-state index in [-0.39, 0.29) is 17.9 Å². The third-order valence-electron chi connectivity index (χ3n) is 4.78. The molecule has 2 heterocycles. The molecule has 3 rings (SSSR count). The summed E-state index contributed by atoms with van der Waals surface area (Å²) in [7, 11) is 1.62. The van der Waals surface area contributed by atoms with Crippen molar-refractivity contribution in [2.75, 3.05) is 13.7 Å². The molecule has 0 bridgehead atoms. The second-order valence-electron chi connectivity index (χ2n) is 6.68. The standard InChI is InChI=1S/C21H25N3O3S/c1-3-14-6-8-15(9-7-14)16-13-28-20-19(16)21(26)24(11-4-5-17(22)25)18(23-20)10-12-27-2/h6-9,13H,3-5,10-12H2,1-2H3,(H2,22,25). The topological polar surface area (TPSA) is 87.2 Å². The molecule has 1 aromatic carbocycles. The summed E-state index contributed by atoms with van der Waals surface area (Å²) in [6.07, 6.45) is 2.26. The van der Waals surface area contributed by atoms with E-state index in [0.29, 0.717) is 37.2 Å². The van der Waals surface area contributed by atoms with Crippen LogP contribution in [-0.4, -0.2) is 29.2 Å². The van der Waals surface area contributed by atoms with Gasteiger partial charge in [-0.1, -0.05) is 31.2 Å². The van der Waals surface area contributed by atoms with E-state index >= 15 is 0 Å². The van der Waals surface area contributed by atoms with Crippen LogP contribution in [-0.2, 0) is 28.9 Å². The lowest BCUT2D eigenvalue weighted by molar-refractivity contribution is -0.118. The van der Waals surface area contributed by atoms with E-state index in [1.807, 2.05) is 5.38 Å². The van der Waals surface area contributed by atoms with Crippen molar-refractivity contribution < 1.29 is 9.53 Å². The van der Waals surface area contributed by atoms with E-state index in [1.165, 1.54) is 16.9 Å². The molecule has 0 saturated carbocycles. The van der Waals surface area contributed by atoms with Crippen molar-refractivity contribution >= 4 is 27.5 Å². The fourth-order valence-electron chi connectivity index (χ4n) is 3.23. The fourth-order valence-corrected chi connectivity index (χ4v) is 4.18. The highest BCUT2D eigenvalue weighted by Gasteiger charge is 2.17. The van der Waals surface area contributed by atoms with Crippen LogP contribution < -0.4 is 11.3 Å². The molecule has 0 spiro atoms. The van der Waals surface area contributed by atoms with Crippen molar-refractivity contribution in [3.63, 3.8) is 0 Å². The molecule has 0 unspecified atom stereocenters. The predicted molar refractivity (Wildman–Crippen MR) is 113 cm³/mol. The number of carbonyl (C=O) groups excluding carboxylic acids is 1. The molecular weight excluding hydrogens is 374 g/mol. The SMILES string of the molecule is CCc1ccc(-c2csc3nc(CCOC)n(CCCC(N)=O)c(=O)c23)cc1. The molecule has 6 nitrogen and oxygen atoms in total. The molecule has 0 aliphatic carbocycles. The van der Waals surface area contributed by atoms with Crippen molar-refractivity contribution in [1.29, 1.82) is 0 Å². The Hall–Kier alpha value is -2.51. The fraction of sp³-hybridized carbons (Fsp3) is 0.381. The summed E-state index contributed by atoms with van der Waals surface area (Å²) in [6.45, 7) is 3.00. The number of ether oxygens (including phenoxy) is 1. The number of hydrogen-bond donors (Lipinski definition) is 1. The molecule has 2 aromatic heterocycles. The van der Waals surface area contributed by atoms with Gasteiger partial charge in [-0.05, 0) is 24.0 Å². The average molecular weight is 400 g/mol. The molecule has 7 heteroatoms. The van der Waals surface area contributed by atoms with Gasteiger partial charge in [0.05, 0.1) is 12.0 Å². The molecule has 0 fully saturated rings. The van der Waals surface area contributed by atoms with Gasteiger partial charge in [-0.2, -0.15) is 0 Å². The van der Waals surface area contributed by atoms with Gasteiger partial charge in [0.25, 0.3) is 5.56 Å². The molecular formula is C21H25N3O3S. The molecule has 0 aliphatic heterocycles. The van der Waals surface area contributed by atoms with Crippen LogP contribution >= 0.6 is 11.3 Å². The minimum atomic E-state index is -0.368. The number of fused-ring (bicyclic) bond motifs is 1. The first kappa shape index (κ1) is 20.2. The predicted octanol–water partition coefficient (Wildman–Crippen LogP) is 3.14. The van der Waals surface area contributed by atoms with E-state index < -0.39 is 0 Å². The highest BCUT2D eigenvalue weighted by molar-refractivity contribution is 7.17. The maximum Gasteiger partial charge on any atom is 0.262 e. The summed E-state index contributed by atoms with van der Waals surface area (Å²) in [6, 6.07) is 8.28. The smallest absolute Gasteiger partial charge is 0.262 e. The van der Waals surface area contributed by atoms with Crippen LogP contribution in [0.25, 0.3) is 21.3 Å². The second-order valence-corrected chi connectivity index (χ2v) is 7.54. The number of methoxy groups -OCH3 is 1. The quantitative estimate of drug-likeness (QED) is 0.599. The van der Waals surface area contributed by atoms with Crippen LogP contribution in [0.15, 0.2) is 34.4 Å². The summed E-state index contributed by atoms with van der Waals surface area (Å²) >= 11 is 1.48. The largest absolute Gasteiger partial charge is 0.384 e. The molecule has 28 heavy (non-hydrogen) atoms. The van der Waals surface area contributed by atoms with Gasteiger partial charge in [0.2, 0.25) is 5.91 Å². The van der Waals surface area contributed by atoms with Gasteiger partial charge >= 0.3 is 0 Å². The Labute approximate surface area is 168 Å². The zero-order valence-electron chi connectivity index (χ0n) is 16.2. The molecule has 3 aromatic rings. The van der Waals surface area contributed by atoms with E-state index in [9.17, 15) is 9.59 Å². The molecule has 148 valence electrons. The molecule has 0 saturated heterocycles. The number of hydrogen-bond acceptors (Lipinski definition) is 5. The van der Waals surface area contributed by atoms with Crippen molar-refractivity contribution in [1.82, 2.24) is 9.55 Å². The summed E-state index contributed by atoms with van der Waals surface area (Å²) < 4.78 is 6.83. The molecule has 2 N–H and O–H groups in total. The van der Waals surface area contributed by atoms with Crippen LogP contribution in [0.3, 0.4) is 0 Å². The monoisotopic (exact) mass is 399 g/mol. The highest BCUT2D eigenvalue weighted by Crippen LogP contribution is 2.31. The Morgan fingerprint density at radius 3 is 2.68 bits per heavy atom. The first-order chi connectivity index (χ1) is 13.5. The maximum absolute atomic E-state index is 13.3. The Morgan fingerprint density at radius 1 is 1.29 bits per heavy atom. The summed E-state index contributed by atoms with van der Waals surface area (Å²) in [5, 5.41) is 2.63. The highest BCUT2D eigenvalue weighted by atomic mass is 32.1. The number of nitrogens with zero attached hydrogens (tertiary/aromatic N) is 2. The summed E-state index contributed by atoms with van der Waals surface area (Å²) in [5.74, 6) is 0.311. The van der Waals surface area contributed by atoms with Gasteiger partial charge in [0.15, 0.2) is 0 Å². The maximum atomic E-state index is 13.3. The summed E-state index contributed by atoms with van der Waals surface area (Å²) in [5.41, 5.74) is 8.35. The Kier molecular flexibility index (Phi) is 6.59. The van der Waals surface area contributed by atoms with Crippen LogP contribution in [0.2, 0.25) is 0 Å². The number of benzene rings is 1. The van der Waals surface area contributed by atoms with Crippen molar-refractivity contribution in [3.8, 4) is 11.1 Å². The number of amides is 1. The Balaban J connectivity index is 2.08. The number of nitrogens with two attached hydrogens (primary N) is 1. The lowest BCUT2D eigenvalue weighted by atomic mass is 10.0. The third-order valence-corrected chi connectivity index (χ3v) is 5.65. The number of rotatable bonds is 9. The number of aromatic nitrogens is 2. The number of carbonyl (C=O) groups is 1. The zero-order chi connectivity index (χ0) is 20.1. The first-order valence-corrected chi connectivity index (χ1v) is 10.3. The Morgan fingerprint density at radius 2 is 2.04 bits per heavy atom. The van der Waals surface area contributed by atoms with E-state index in [2.05, 4.69) is 31.2 Å². The number of thiophene rings is 1. The van der Waals surface area contributed by atoms with Crippen LogP contribution in [0.1, 0.15) is 31.2 Å². The minimum absolute atomic E-state index is 0.0728. The van der Waals surface area contributed by atoms with Crippen molar-refractivity contribution in [2.45, 2.75) is 39.2 Å². The van der Waals surface area contributed by atoms with Gasteiger partial charge in [-0.15, -0.1) is 11.3 Å². The van der Waals surface area contributed by atoms with Crippen molar-refractivity contribution in [2.24, 2.45) is 5.73 Å². The Bertz CT molecular complexity index is 1020. The molecule has 0 radical (unpaired) electrons. The molecule has 0 aliphatic rings. The third kappa shape index (κ3) is 4.31. The summed E-state index contributed by atoms with van der Waals surface area (Å²) in [4.78, 5) is 29.9. The van der Waals surface area contributed by atoms with E-state index in [1.54, 1.807) is 11.7 Å². The molecule has 0 atom stereocenters. The van der Waals surface area contributed by atoms with Crippen LogP contribution in [0, 0.1) is 0 Å². The number of primary amides is 1. The zero-order valence-corrected chi connectivity index (χ0v) is 17.1. The average Bonchev–Trinajstić information content (AvgIpc) is 3.12.